The predicted octanol–water partition coefficient (Wildman–Crippen LogP) is 4.62. The monoisotopic (exact) mass is 517 g/mol. The molecule has 3 aromatic heterocycles. The Bertz CT molecular complexity index is 1300. The number of anilines is 1. The van der Waals surface area contributed by atoms with E-state index in [1.165, 1.54) is 5.56 Å². The summed E-state index contributed by atoms with van der Waals surface area (Å²) in [6, 6.07) is 4.48. The quantitative estimate of drug-likeness (QED) is 0.488. The fourth-order valence-corrected chi connectivity index (χ4v) is 5.27. The molecule has 0 atom stereocenters. The molecule has 0 spiro atoms. The van der Waals surface area contributed by atoms with Crippen LogP contribution in [0, 0.1) is 0 Å². The molecule has 9 heteroatoms. The number of imidazole rings is 1. The number of carbonyl (C=O) groups excluding carboxylic acids is 1. The van der Waals surface area contributed by atoms with Gasteiger partial charge in [0.1, 0.15) is 17.2 Å². The molecule has 0 aromatic carbocycles. The van der Waals surface area contributed by atoms with Gasteiger partial charge < -0.3 is 19.1 Å². The Morgan fingerprint density at radius 2 is 1.79 bits per heavy atom. The number of hydrogen-bond donors (Lipinski definition) is 0. The maximum absolute atomic E-state index is 12.4. The number of ether oxygens (including phenoxy) is 1. The van der Waals surface area contributed by atoms with Crippen LogP contribution in [0.5, 0.6) is 0 Å². The molecule has 2 aliphatic rings. The zero-order valence-electron chi connectivity index (χ0n) is 23.5. The molecule has 38 heavy (non-hydrogen) atoms. The molecule has 3 aromatic rings. The number of carbonyl (C=O) groups is 1. The molecular formula is C29H39N7O2. The highest BCUT2D eigenvalue weighted by molar-refractivity contribution is 5.68. The van der Waals surface area contributed by atoms with Gasteiger partial charge in [-0.2, -0.15) is 0 Å². The fourth-order valence-electron chi connectivity index (χ4n) is 5.27. The number of rotatable bonds is 5. The maximum atomic E-state index is 12.4. The van der Waals surface area contributed by atoms with Crippen LogP contribution < -0.4 is 4.90 Å². The lowest BCUT2D eigenvalue weighted by Gasteiger charge is -2.36. The highest BCUT2D eigenvalue weighted by atomic mass is 16.6. The SMILES string of the molecule is CCc1nc2c(n1C(C)C)-c1nc(Cc3ccc(N4CCN(C(=O)OC(C)(C)C)CC4)cn3)ncc1CC2. The first kappa shape index (κ1) is 26.1. The lowest BCUT2D eigenvalue weighted by molar-refractivity contribution is 0.0240. The average molecular weight is 518 g/mol. The van der Waals surface area contributed by atoms with Crippen molar-refractivity contribution in [2.24, 2.45) is 0 Å². The molecule has 1 aliphatic heterocycles. The first-order chi connectivity index (χ1) is 18.1. The number of aryl methyl sites for hydroxylation is 3. The van der Waals surface area contributed by atoms with Crippen molar-refractivity contribution in [3.8, 4) is 11.4 Å². The van der Waals surface area contributed by atoms with E-state index in [1.54, 1.807) is 4.90 Å². The van der Waals surface area contributed by atoms with E-state index >= 15 is 0 Å². The second-order valence-corrected chi connectivity index (χ2v) is 11.4. The summed E-state index contributed by atoms with van der Waals surface area (Å²) in [4.78, 5) is 35.8. The van der Waals surface area contributed by atoms with Crippen molar-refractivity contribution in [3.05, 3.63) is 53.1 Å². The van der Waals surface area contributed by atoms with Crippen molar-refractivity contribution in [1.82, 2.24) is 29.4 Å². The third kappa shape index (κ3) is 5.37. The Morgan fingerprint density at radius 1 is 1.03 bits per heavy atom. The lowest BCUT2D eigenvalue weighted by atomic mass is 9.97. The van der Waals surface area contributed by atoms with Crippen LogP contribution in [0.25, 0.3) is 11.4 Å². The van der Waals surface area contributed by atoms with Gasteiger partial charge in [-0.15, -0.1) is 0 Å². The van der Waals surface area contributed by atoms with Crippen molar-refractivity contribution in [1.29, 1.82) is 0 Å². The lowest BCUT2D eigenvalue weighted by Crippen LogP contribution is -2.50. The summed E-state index contributed by atoms with van der Waals surface area (Å²) < 4.78 is 7.86. The Hall–Kier alpha value is -3.49. The number of fused-ring (bicyclic) bond motifs is 3. The van der Waals surface area contributed by atoms with Crippen LogP contribution in [-0.2, 0) is 30.4 Å². The van der Waals surface area contributed by atoms with Crippen molar-refractivity contribution in [3.63, 3.8) is 0 Å². The fraction of sp³-hybridized carbons (Fsp3) is 0.552. The number of aromatic nitrogens is 5. The van der Waals surface area contributed by atoms with Gasteiger partial charge in [-0.05, 0) is 65.2 Å². The Morgan fingerprint density at radius 3 is 2.42 bits per heavy atom. The van der Waals surface area contributed by atoms with Crippen molar-refractivity contribution < 1.29 is 9.53 Å². The molecule has 0 saturated carbocycles. The molecule has 4 heterocycles. The molecule has 1 fully saturated rings. The van der Waals surface area contributed by atoms with E-state index in [0.29, 0.717) is 25.6 Å². The Balaban J connectivity index is 1.27. The molecule has 9 nitrogen and oxygen atoms in total. The van der Waals surface area contributed by atoms with Crippen molar-refractivity contribution >= 4 is 11.8 Å². The third-order valence-corrected chi connectivity index (χ3v) is 7.10. The van der Waals surface area contributed by atoms with E-state index < -0.39 is 5.60 Å². The van der Waals surface area contributed by atoms with E-state index in [0.717, 1.165) is 72.5 Å². The van der Waals surface area contributed by atoms with E-state index in [-0.39, 0.29) is 6.09 Å². The van der Waals surface area contributed by atoms with Gasteiger partial charge in [-0.3, -0.25) is 4.98 Å². The first-order valence-corrected chi connectivity index (χ1v) is 13.8. The van der Waals surface area contributed by atoms with Crippen LogP contribution in [-0.4, -0.2) is 67.3 Å². The van der Waals surface area contributed by atoms with E-state index in [2.05, 4.69) is 47.4 Å². The van der Waals surface area contributed by atoms with Crippen LogP contribution >= 0.6 is 0 Å². The van der Waals surface area contributed by atoms with Gasteiger partial charge in [-0.1, -0.05) is 6.92 Å². The first-order valence-electron chi connectivity index (χ1n) is 13.8. The summed E-state index contributed by atoms with van der Waals surface area (Å²) in [5.74, 6) is 1.90. The average Bonchev–Trinajstić information content (AvgIpc) is 3.28. The van der Waals surface area contributed by atoms with Gasteiger partial charge in [0.25, 0.3) is 0 Å². The summed E-state index contributed by atoms with van der Waals surface area (Å²) in [7, 11) is 0. The molecule has 202 valence electrons. The highest BCUT2D eigenvalue weighted by Crippen LogP contribution is 2.35. The van der Waals surface area contributed by atoms with Gasteiger partial charge in [0.2, 0.25) is 0 Å². The molecule has 0 unspecified atom stereocenters. The molecule has 1 saturated heterocycles. The maximum Gasteiger partial charge on any atom is 0.410 e. The predicted molar refractivity (Wildman–Crippen MR) is 147 cm³/mol. The van der Waals surface area contributed by atoms with Gasteiger partial charge >= 0.3 is 6.09 Å². The molecule has 0 radical (unpaired) electrons. The minimum atomic E-state index is -0.480. The summed E-state index contributed by atoms with van der Waals surface area (Å²) in [6.07, 6.45) is 7.00. The van der Waals surface area contributed by atoms with Gasteiger partial charge in [-0.25, -0.2) is 19.7 Å². The zero-order chi connectivity index (χ0) is 27.0. The molecule has 5 rings (SSSR count). The summed E-state index contributed by atoms with van der Waals surface area (Å²) in [6.45, 7) is 15.0. The van der Waals surface area contributed by atoms with Crippen LogP contribution in [0.1, 0.15) is 76.2 Å². The normalized spacial score (nSPS) is 15.4. The van der Waals surface area contributed by atoms with Crippen LogP contribution in [0.15, 0.2) is 24.5 Å². The second-order valence-electron chi connectivity index (χ2n) is 11.4. The summed E-state index contributed by atoms with van der Waals surface area (Å²) >= 11 is 0. The van der Waals surface area contributed by atoms with Gasteiger partial charge in [0.05, 0.1) is 35.4 Å². The van der Waals surface area contributed by atoms with E-state index in [4.69, 9.17) is 19.7 Å². The standard InChI is InChI=1S/C29H39N7O2/c1-7-25-32-23-11-8-20-17-31-24(33-26(20)27(23)36(25)19(2)3)16-21-9-10-22(18-30-21)34-12-14-35(15-13-34)28(37)38-29(4,5)6/h9-10,17-19H,7-8,11-16H2,1-6H3. The zero-order valence-corrected chi connectivity index (χ0v) is 23.5. The molecule has 1 amide bonds. The number of piperazine rings is 1. The third-order valence-electron chi connectivity index (χ3n) is 7.10. The van der Waals surface area contributed by atoms with Crippen molar-refractivity contribution in [2.75, 3.05) is 31.1 Å². The largest absolute Gasteiger partial charge is 0.444 e. The van der Waals surface area contributed by atoms with E-state index in [9.17, 15) is 4.79 Å². The van der Waals surface area contributed by atoms with Crippen LogP contribution in [0.4, 0.5) is 10.5 Å². The number of pyridine rings is 1. The Labute approximate surface area is 225 Å². The topological polar surface area (TPSA) is 89.3 Å². The summed E-state index contributed by atoms with van der Waals surface area (Å²) in [5.41, 5.74) is 6.05. The molecular weight excluding hydrogens is 478 g/mol. The molecule has 0 bridgehead atoms. The minimum absolute atomic E-state index is 0.245. The number of hydrogen-bond acceptors (Lipinski definition) is 7. The number of amides is 1. The van der Waals surface area contributed by atoms with Crippen LogP contribution in [0.2, 0.25) is 0 Å². The molecule has 0 N–H and O–H groups in total. The van der Waals surface area contributed by atoms with Crippen molar-refractivity contribution in [2.45, 2.75) is 78.9 Å². The van der Waals surface area contributed by atoms with Gasteiger partial charge in [0.15, 0.2) is 0 Å². The minimum Gasteiger partial charge on any atom is -0.444 e. The second kappa shape index (κ2) is 10.3. The van der Waals surface area contributed by atoms with Crippen LogP contribution in [0.3, 0.4) is 0 Å². The molecule has 1 aliphatic carbocycles. The Kier molecular flexibility index (Phi) is 7.11. The highest BCUT2D eigenvalue weighted by Gasteiger charge is 2.28. The van der Waals surface area contributed by atoms with E-state index in [1.807, 2.05) is 33.2 Å². The van der Waals surface area contributed by atoms with Gasteiger partial charge in [0, 0.05) is 50.5 Å². The smallest absolute Gasteiger partial charge is 0.410 e. The summed E-state index contributed by atoms with van der Waals surface area (Å²) in [5, 5.41) is 0. The number of nitrogens with zero attached hydrogens (tertiary/aromatic N) is 7.